The molecule has 0 aliphatic heterocycles. The van der Waals surface area contributed by atoms with E-state index >= 15 is 0 Å². The van der Waals surface area contributed by atoms with Crippen LogP contribution in [0.2, 0.25) is 0 Å². The van der Waals surface area contributed by atoms with Gasteiger partial charge in [-0.1, -0.05) is 36.0 Å². The second-order valence-corrected chi connectivity index (χ2v) is 6.89. The molecule has 2 aromatic carbocycles. The van der Waals surface area contributed by atoms with Gasteiger partial charge < -0.3 is 0 Å². The normalized spacial score (nSPS) is 11.0. The van der Waals surface area contributed by atoms with Gasteiger partial charge in [-0.25, -0.2) is 9.37 Å². The topological polar surface area (TPSA) is 34.9 Å². The zero-order valence-electron chi connectivity index (χ0n) is 12.5. The van der Waals surface area contributed by atoms with Gasteiger partial charge in [-0.2, -0.15) is 11.8 Å². The third kappa shape index (κ3) is 3.28. The summed E-state index contributed by atoms with van der Waals surface area (Å²) in [6, 6.07) is 13.4. The largest absolute Gasteiger partial charge is 0.268 e. The van der Waals surface area contributed by atoms with Crippen LogP contribution in [0.5, 0.6) is 0 Å². The van der Waals surface area contributed by atoms with E-state index in [1.54, 1.807) is 48.2 Å². The predicted octanol–water partition coefficient (Wildman–Crippen LogP) is 3.98. The average Bonchev–Trinajstić information content (AvgIpc) is 2.57. The Hall–Kier alpha value is -1.79. The van der Waals surface area contributed by atoms with Crippen molar-refractivity contribution in [3.05, 3.63) is 64.7 Å². The fourth-order valence-corrected chi connectivity index (χ4v) is 3.93. The summed E-state index contributed by atoms with van der Waals surface area (Å²) in [7, 11) is 0. The lowest BCUT2D eigenvalue weighted by Gasteiger charge is -2.13. The molecule has 1 aromatic heterocycles. The Morgan fingerprint density at radius 2 is 1.83 bits per heavy atom. The van der Waals surface area contributed by atoms with Gasteiger partial charge in [0.15, 0.2) is 5.16 Å². The lowest BCUT2D eigenvalue weighted by atomic mass is 10.2. The molecule has 0 saturated carbocycles. The van der Waals surface area contributed by atoms with E-state index < -0.39 is 5.82 Å². The Kier molecular flexibility index (Phi) is 5.03. The van der Waals surface area contributed by atoms with E-state index in [1.807, 2.05) is 12.3 Å². The van der Waals surface area contributed by atoms with E-state index in [2.05, 4.69) is 4.98 Å². The molecule has 0 spiro atoms. The Balaban J connectivity index is 2.24. The standard InChI is InChI=1S/C17H15FN2OS2/c1-22-10-11-23-17-19-14-8-4-2-6-12(14)16(21)20(17)15-9-5-3-7-13(15)18/h2-9H,10-11H2,1H3. The molecule has 0 saturated heterocycles. The second-order valence-electron chi connectivity index (χ2n) is 4.84. The van der Waals surface area contributed by atoms with Crippen LogP contribution in [0.15, 0.2) is 58.5 Å². The highest BCUT2D eigenvalue weighted by molar-refractivity contribution is 8.02. The predicted molar refractivity (Wildman–Crippen MR) is 96.4 cm³/mol. The number of hydrogen-bond donors (Lipinski definition) is 0. The third-order valence-electron chi connectivity index (χ3n) is 3.36. The third-order valence-corrected chi connectivity index (χ3v) is 5.17. The van der Waals surface area contributed by atoms with Crippen molar-refractivity contribution in [1.29, 1.82) is 0 Å². The molecule has 3 nitrogen and oxygen atoms in total. The first-order chi connectivity index (χ1) is 11.2. The number of halogens is 1. The van der Waals surface area contributed by atoms with Crippen molar-refractivity contribution >= 4 is 34.4 Å². The van der Waals surface area contributed by atoms with Gasteiger partial charge in [0.05, 0.1) is 16.6 Å². The van der Waals surface area contributed by atoms with Crippen molar-refractivity contribution in [3.8, 4) is 5.69 Å². The van der Waals surface area contributed by atoms with E-state index in [0.717, 1.165) is 11.5 Å². The molecule has 0 fully saturated rings. The first kappa shape index (κ1) is 16.1. The maximum atomic E-state index is 14.2. The van der Waals surface area contributed by atoms with Crippen LogP contribution in [0.4, 0.5) is 4.39 Å². The number of nitrogens with zero attached hydrogens (tertiary/aromatic N) is 2. The summed E-state index contributed by atoms with van der Waals surface area (Å²) < 4.78 is 15.6. The van der Waals surface area contributed by atoms with E-state index in [0.29, 0.717) is 16.1 Å². The van der Waals surface area contributed by atoms with Gasteiger partial charge in [-0.05, 0) is 30.5 Å². The highest BCUT2D eigenvalue weighted by atomic mass is 32.2. The van der Waals surface area contributed by atoms with Gasteiger partial charge in [0.25, 0.3) is 5.56 Å². The van der Waals surface area contributed by atoms with Gasteiger partial charge in [-0.15, -0.1) is 0 Å². The molecule has 0 amide bonds. The number of aromatic nitrogens is 2. The molecule has 3 aromatic rings. The minimum atomic E-state index is -0.432. The fourth-order valence-electron chi connectivity index (χ4n) is 2.27. The zero-order chi connectivity index (χ0) is 16.2. The molecule has 6 heteroatoms. The summed E-state index contributed by atoms with van der Waals surface area (Å²) in [4.78, 5) is 17.4. The fraction of sp³-hybridized carbons (Fsp3) is 0.176. The molecule has 0 radical (unpaired) electrons. The molecule has 3 rings (SSSR count). The summed E-state index contributed by atoms with van der Waals surface area (Å²) in [5.41, 5.74) is 0.631. The average molecular weight is 346 g/mol. The molecule has 1 heterocycles. The summed E-state index contributed by atoms with van der Waals surface area (Å²) in [5.74, 6) is 1.31. The number of fused-ring (bicyclic) bond motifs is 1. The second kappa shape index (κ2) is 7.19. The van der Waals surface area contributed by atoms with Crippen molar-refractivity contribution in [2.24, 2.45) is 0 Å². The Morgan fingerprint density at radius 1 is 1.09 bits per heavy atom. The zero-order valence-corrected chi connectivity index (χ0v) is 14.2. The van der Waals surface area contributed by atoms with Crippen LogP contribution < -0.4 is 5.56 Å². The molecule has 0 bridgehead atoms. The van der Waals surface area contributed by atoms with Gasteiger partial charge >= 0.3 is 0 Å². The van der Waals surface area contributed by atoms with Gasteiger partial charge in [0, 0.05) is 11.5 Å². The Morgan fingerprint density at radius 3 is 2.61 bits per heavy atom. The van der Waals surface area contributed by atoms with Gasteiger partial charge in [0.2, 0.25) is 0 Å². The molecule has 0 unspecified atom stereocenters. The van der Waals surface area contributed by atoms with Crippen LogP contribution >= 0.6 is 23.5 Å². The molecular weight excluding hydrogens is 331 g/mol. The summed E-state index contributed by atoms with van der Waals surface area (Å²) in [6.07, 6.45) is 2.03. The molecule has 0 aliphatic rings. The minimum absolute atomic E-state index is 0.238. The molecular formula is C17H15FN2OS2. The number of benzene rings is 2. The van der Waals surface area contributed by atoms with Crippen molar-refractivity contribution in [2.75, 3.05) is 17.8 Å². The van der Waals surface area contributed by atoms with E-state index in [-0.39, 0.29) is 11.2 Å². The van der Waals surface area contributed by atoms with E-state index in [9.17, 15) is 9.18 Å². The van der Waals surface area contributed by atoms with Crippen LogP contribution in [0.25, 0.3) is 16.6 Å². The monoisotopic (exact) mass is 346 g/mol. The summed E-state index contributed by atoms with van der Waals surface area (Å²) >= 11 is 3.19. The highest BCUT2D eigenvalue weighted by Gasteiger charge is 2.15. The van der Waals surface area contributed by atoms with Crippen molar-refractivity contribution in [1.82, 2.24) is 9.55 Å². The first-order valence-electron chi connectivity index (χ1n) is 7.11. The SMILES string of the molecule is CSCCSc1nc2ccccc2c(=O)n1-c1ccccc1F. The maximum Gasteiger partial charge on any atom is 0.266 e. The van der Waals surface area contributed by atoms with E-state index in [4.69, 9.17) is 0 Å². The quantitative estimate of drug-likeness (QED) is 0.398. The Labute approximate surface area is 141 Å². The summed E-state index contributed by atoms with van der Waals surface area (Å²) in [6.45, 7) is 0. The van der Waals surface area contributed by atoms with Crippen LogP contribution in [-0.4, -0.2) is 27.3 Å². The summed E-state index contributed by atoms with van der Waals surface area (Å²) in [5, 5.41) is 1.01. The van der Waals surface area contributed by atoms with Crippen molar-refractivity contribution in [2.45, 2.75) is 5.16 Å². The lowest BCUT2D eigenvalue weighted by Crippen LogP contribution is -2.22. The first-order valence-corrected chi connectivity index (χ1v) is 9.49. The molecule has 0 atom stereocenters. The molecule has 23 heavy (non-hydrogen) atoms. The molecule has 118 valence electrons. The van der Waals surface area contributed by atoms with Crippen LogP contribution in [0.1, 0.15) is 0 Å². The highest BCUT2D eigenvalue weighted by Crippen LogP contribution is 2.23. The van der Waals surface area contributed by atoms with Gasteiger partial charge in [-0.3, -0.25) is 9.36 Å². The molecule has 0 aliphatic carbocycles. The lowest BCUT2D eigenvalue weighted by molar-refractivity contribution is 0.608. The van der Waals surface area contributed by atoms with Crippen LogP contribution in [-0.2, 0) is 0 Å². The van der Waals surface area contributed by atoms with Crippen molar-refractivity contribution < 1.29 is 4.39 Å². The van der Waals surface area contributed by atoms with Crippen LogP contribution in [0.3, 0.4) is 0 Å². The van der Waals surface area contributed by atoms with Crippen molar-refractivity contribution in [3.63, 3.8) is 0 Å². The minimum Gasteiger partial charge on any atom is -0.268 e. The van der Waals surface area contributed by atoms with Gasteiger partial charge in [0.1, 0.15) is 5.82 Å². The smallest absolute Gasteiger partial charge is 0.266 e. The number of hydrogen-bond acceptors (Lipinski definition) is 4. The maximum absolute atomic E-state index is 14.2. The number of thioether (sulfide) groups is 2. The number of rotatable bonds is 5. The molecule has 0 N–H and O–H groups in total. The Bertz CT molecular complexity index is 895. The van der Waals surface area contributed by atoms with Crippen LogP contribution in [0, 0.1) is 5.82 Å². The number of para-hydroxylation sites is 2. The van der Waals surface area contributed by atoms with E-state index in [1.165, 1.54) is 22.4 Å².